The van der Waals surface area contributed by atoms with E-state index in [0.717, 1.165) is 51.6 Å². The highest BCUT2D eigenvalue weighted by molar-refractivity contribution is 7.79. The second-order valence-corrected chi connectivity index (χ2v) is 9.56. The molecule has 0 amide bonds. The van der Waals surface area contributed by atoms with Crippen LogP contribution < -0.4 is 14.8 Å². The molecule has 2 N–H and O–H groups in total. The molecule has 1 atom stereocenters. The second-order valence-electron chi connectivity index (χ2n) is 7.45. The average molecular weight is 480 g/mol. The van der Waals surface area contributed by atoms with Crippen LogP contribution >= 0.6 is 11.3 Å². The van der Waals surface area contributed by atoms with Crippen molar-refractivity contribution in [3.05, 3.63) is 65.2 Å². The van der Waals surface area contributed by atoms with Crippen LogP contribution in [0.2, 0.25) is 0 Å². The van der Waals surface area contributed by atoms with Crippen LogP contribution in [0.5, 0.6) is 11.5 Å². The molecule has 0 saturated heterocycles. The Labute approximate surface area is 197 Å². The molecule has 2 aromatic carbocycles. The number of aromatic nitrogens is 2. The Hall–Kier alpha value is -3.27. The Morgan fingerprint density at radius 3 is 2.55 bits per heavy atom. The van der Waals surface area contributed by atoms with Crippen LogP contribution in [0, 0.1) is 0 Å². The van der Waals surface area contributed by atoms with Gasteiger partial charge in [0.2, 0.25) is 5.95 Å². The highest BCUT2D eigenvalue weighted by Crippen LogP contribution is 2.47. The molecule has 33 heavy (non-hydrogen) atoms. The first kappa shape index (κ1) is 21.6. The van der Waals surface area contributed by atoms with E-state index in [4.69, 9.17) is 14.5 Å². The van der Waals surface area contributed by atoms with E-state index in [1.54, 1.807) is 49.8 Å². The quantitative estimate of drug-likeness (QED) is 0.362. The van der Waals surface area contributed by atoms with E-state index in [1.807, 2.05) is 24.4 Å². The summed E-state index contributed by atoms with van der Waals surface area (Å²) in [6.45, 7) is 0. The topological polar surface area (TPSA) is 93.6 Å². The molecule has 1 aliphatic rings. The Kier molecular flexibility index (Phi) is 5.84. The fraction of sp³-hybridized carbons (Fsp3) is 0.167. The number of anilines is 2. The smallest absolute Gasteiger partial charge is 0.227 e. The summed E-state index contributed by atoms with van der Waals surface area (Å²) in [5.41, 5.74) is 4.65. The van der Waals surface area contributed by atoms with Gasteiger partial charge in [-0.15, -0.1) is 11.3 Å². The molecule has 168 valence electrons. The Morgan fingerprint density at radius 1 is 1.06 bits per heavy atom. The molecule has 0 aliphatic heterocycles. The van der Waals surface area contributed by atoms with Crippen molar-refractivity contribution in [2.75, 3.05) is 19.5 Å². The summed E-state index contributed by atoms with van der Waals surface area (Å²) in [7, 11) is 3.32. The Balaban J connectivity index is 1.54. The molecule has 2 aromatic heterocycles. The number of nitrogens with zero attached hydrogens (tertiary/aromatic N) is 2. The zero-order chi connectivity index (χ0) is 22.9. The molecule has 0 fully saturated rings. The monoisotopic (exact) mass is 479 g/mol. The first-order valence-electron chi connectivity index (χ1n) is 10.3. The number of ether oxygens (including phenoxy) is 2. The lowest BCUT2D eigenvalue weighted by molar-refractivity contribution is 0.397. The minimum Gasteiger partial charge on any atom is -0.496 e. The molecule has 5 rings (SSSR count). The summed E-state index contributed by atoms with van der Waals surface area (Å²) in [6, 6.07) is 14.7. The van der Waals surface area contributed by atoms with Crippen molar-refractivity contribution in [2.45, 2.75) is 17.7 Å². The van der Waals surface area contributed by atoms with Gasteiger partial charge in [-0.2, -0.15) is 0 Å². The third-order valence-electron chi connectivity index (χ3n) is 5.52. The molecular formula is C24H21N3O4S2. The maximum Gasteiger partial charge on any atom is 0.227 e. The normalized spacial score (nSPS) is 13.1. The highest BCUT2D eigenvalue weighted by Gasteiger charge is 2.24. The molecule has 0 bridgehead atoms. The second kappa shape index (κ2) is 8.93. The molecule has 9 heteroatoms. The van der Waals surface area contributed by atoms with Crippen LogP contribution in [0.4, 0.5) is 11.6 Å². The van der Waals surface area contributed by atoms with Gasteiger partial charge in [0, 0.05) is 27.2 Å². The third-order valence-corrected chi connectivity index (χ3v) is 7.39. The zero-order valence-electron chi connectivity index (χ0n) is 18.0. The van der Waals surface area contributed by atoms with Crippen molar-refractivity contribution in [3.63, 3.8) is 0 Å². The summed E-state index contributed by atoms with van der Waals surface area (Å²) in [5.74, 6) is 1.96. The average Bonchev–Trinajstić information content (AvgIpc) is 3.28. The molecule has 4 aromatic rings. The minimum atomic E-state index is -2.05. The van der Waals surface area contributed by atoms with Crippen LogP contribution in [0.1, 0.15) is 10.4 Å². The molecule has 7 nitrogen and oxygen atoms in total. The first-order chi connectivity index (χ1) is 16.1. The van der Waals surface area contributed by atoms with E-state index in [2.05, 4.69) is 16.4 Å². The third kappa shape index (κ3) is 4.10. The molecule has 1 aliphatic carbocycles. The predicted octanol–water partition coefficient (Wildman–Crippen LogP) is 5.31. The number of aryl methyl sites for hydroxylation is 2. The molecule has 0 saturated carbocycles. The predicted molar refractivity (Wildman–Crippen MR) is 130 cm³/mol. The van der Waals surface area contributed by atoms with Crippen molar-refractivity contribution in [1.82, 2.24) is 9.97 Å². The van der Waals surface area contributed by atoms with Crippen molar-refractivity contribution in [3.8, 4) is 33.2 Å². The molecule has 0 spiro atoms. The standard InChI is InChI=1S/C24H21N3O4S2/c1-30-18-7-4-8-19(31-2)22(18)21-12-17-20(32-21)10-9-14-13-25-24(27-23(14)17)26-15-5-3-6-16(11-15)33(28)29/h3-8,11-13H,9-10H2,1-2H3,(H,28,29)(H,25,26,27). The van der Waals surface area contributed by atoms with Crippen LogP contribution in [-0.4, -0.2) is 32.9 Å². The van der Waals surface area contributed by atoms with E-state index in [-0.39, 0.29) is 0 Å². The van der Waals surface area contributed by atoms with Gasteiger partial charge in [-0.1, -0.05) is 12.1 Å². The number of benzene rings is 2. The SMILES string of the molecule is COc1cccc(OC)c1-c1cc2c(s1)CCc1cnc(Nc3cccc(S(=O)O)c3)nc1-2. The zero-order valence-corrected chi connectivity index (χ0v) is 19.6. The van der Waals surface area contributed by atoms with Crippen molar-refractivity contribution in [1.29, 1.82) is 0 Å². The van der Waals surface area contributed by atoms with E-state index < -0.39 is 11.1 Å². The van der Waals surface area contributed by atoms with Crippen LogP contribution in [0.15, 0.2) is 59.6 Å². The van der Waals surface area contributed by atoms with Gasteiger partial charge < -0.3 is 19.3 Å². The maximum atomic E-state index is 11.4. The number of nitrogens with one attached hydrogen (secondary N) is 1. The first-order valence-corrected chi connectivity index (χ1v) is 12.2. The van der Waals surface area contributed by atoms with Gasteiger partial charge in [-0.3, -0.25) is 0 Å². The fourth-order valence-corrected chi connectivity index (χ4v) is 5.61. The van der Waals surface area contributed by atoms with Gasteiger partial charge >= 0.3 is 0 Å². The van der Waals surface area contributed by atoms with E-state index in [9.17, 15) is 8.76 Å². The summed E-state index contributed by atoms with van der Waals surface area (Å²) < 4.78 is 31.9. The Bertz CT molecular complexity index is 1350. The summed E-state index contributed by atoms with van der Waals surface area (Å²) in [4.78, 5) is 11.9. The Morgan fingerprint density at radius 2 is 1.82 bits per heavy atom. The maximum absolute atomic E-state index is 11.4. The van der Waals surface area contributed by atoms with Crippen LogP contribution in [-0.2, 0) is 23.9 Å². The van der Waals surface area contributed by atoms with Gasteiger partial charge in [0.1, 0.15) is 11.5 Å². The van der Waals surface area contributed by atoms with Crippen LogP contribution in [0.3, 0.4) is 0 Å². The van der Waals surface area contributed by atoms with Crippen molar-refractivity contribution < 1.29 is 18.2 Å². The van der Waals surface area contributed by atoms with Crippen molar-refractivity contribution in [2.24, 2.45) is 0 Å². The number of rotatable bonds is 6. The largest absolute Gasteiger partial charge is 0.496 e. The number of hydrogen-bond acceptors (Lipinski definition) is 7. The van der Waals surface area contributed by atoms with Crippen molar-refractivity contribution >= 4 is 34.1 Å². The lowest BCUT2D eigenvalue weighted by Crippen LogP contribution is -2.07. The lowest BCUT2D eigenvalue weighted by atomic mass is 9.95. The van der Waals surface area contributed by atoms with Gasteiger partial charge in [0.15, 0.2) is 11.1 Å². The van der Waals surface area contributed by atoms with Gasteiger partial charge in [-0.25, -0.2) is 14.2 Å². The van der Waals surface area contributed by atoms with E-state index >= 15 is 0 Å². The summed E-state index contributed by atoms with van der Waals surface area (Å²) in [5, 5.41) is 3.15. The fourth-order valence-electron chi connectivity index (χ4n) is 3.98. The molecule has 2 heterocycles. The number of thiophene rings is 1. The van der Waals surface area contributed by atoms with E-state index in [1.165, 1.54) is 4.88 Å². The van der Waals surface area contributed by atoms with Gasteiger partial charge in [0.05, 0.1) is 30.4 Å². The summed E-state index contributed by atoms with van der Waals surface area (Å²) >= 11 is -0.326. The summed E-state index contributed by atoms with van der Waals surface area (Å²) in [6.07, 6.45) is 3.64. The molecule has 0 radical (unpaired) electrons. The van der Waals surface area contributed by atoms with Gasteiger partial charge in [-0.05, 0) is 54.8 Å². The lowest BCUT2D eigenvalue weighted by Gasteiger charge is -2.16. The van der Waals surface area contributed by atoms with Gasteiger partial charge in [0.25, 0.3) is 0 Å². The number of methoxy groups -OCH3 is 2. The number of fused-ring (bicyclic) bond motifs is 3. The minimum absolute atomic E-state index is 0.313. The van der Waals surface area contributed by atoms with E-state index in [0.29, 0.717) is 16.5 Å². The molecule has 1 unspecified atom stereocenters. The number of hydrogen-bond donors (Lipinski definition) is 2. The van der Waals surface area contributed by atoms with Crippen LogP contribution in [0.25, 0.3) is 21.7 Å². The highest BCUT2D eigenvalue weighted by atomic mass is 32.2. The molecular weight excluding hydrogens is 458 g/mol.